The third kappa shape index (κ3) is 2.70. The van der Waals surface area contributed by atoms with E-state index in [9.17, 15) is 10.1 Å². The summed E-state index contributed by atoms with van der Waals surface area (Å²) in [6.07, 6.45) is 4.01. The number of methoxy groups -OCH3 is 1. The summed E-state index contributed by atoms with van der Waals surface area (Å²) in [5.74, 6) is 0.569. The van der Waals surface area contributed by atoms with Crippen molar-refractivity contribution in [3.05, 3.63) is 29.8 Å². The Morgan fingerprint density at radius 3 is 2.89 bits per heavy atom. The summed E-state index contributed by atoms with van der Waals surface area (Å²) in [5, 5.41) is 9.21. The number of carbonyl (C=O) groups is 1. The molecule has 0 radical (unpaired) electrons. The molecule has 1 aliphatic rings. The predicted molar refractivity (Wildman–Crippen MR) is 68.3 cm³/mol. The van der Waals surface area contributed by atoms with Gasteiger partial charge in [0.05, 0.1) is 13.2 Å². The Bertz CT molecular complexity index is 472. The first-order valence-corrected chi connectivity index (χ1v) is 6.31. The van der Waals surface area contributed by atoms with Crippen LogP contribution in [0.4, 0.5) is 0 Å². The maximum atomic E-state index is 12.1. The molecule has 0 amide bonds. The predicted octanol–water partition coefficient (Wildman–Crippen LogP) is 3.06. The molecule has 1 saturated carbocycles. The lowest BCUT2D eigenvalue weighted by Crippen LogP contribution is -2.20. The zero-order chi connectivity index (χ0) is 13.0. The molecule has 0 aromatic heterocycles. The first-order valence-electron chi connectivity index (χ1n) is 6.31. The van der Waals surface area contributed by atoms with Crippen molar-refractivity contribution in [1.29, 1.82) is 5.26 Å². The molecular weight excluding hydrogens is 226 g/mol. The molecule has 1 unspecified atom stereocenters. The fourth-order valence-electron chi connectivity index (χ4n) is 2.25. The number of Topliss-reactive ketones (excluding diaryl/α,β-unsaturated/α-hetero) is 1. The average molecular weight is 243 g/mol. The lowest BCUT2D eigenvalue weighted by Gasteiger charge is -2.25. The van der Waals surface area contributed by atoms with Crippen LogP contribution in [-0.4, -0.2) is 12.9 Å². The zero-order valence-corrected chi connectivity index (χ0v) is 10.6. The van der Waals surface area contributed by atoms with E-state index in [0.717, 1.165) is 18.4 Å². The van der Waals surface area contributed by atoms with Crippen molar-refractivity contribution < 1.29 is 9.53 Å². The Balaban J connectivity index is 2.11. The van der Waals surface area contributed by atoms with Gasteiger partial charge >= 0.3 is 0 Å². The Hall–Kier alpha value is -1.82. The van der Waals surface area contributed by atoms with Gasteiger partial charge in [-0.2, -0.15) is 5.26 Å². The number of hydrogen-bond donors (Lipinski definition) is 0. The minimum atomic E-state index is -0.652. The van der Waals surface area contributed by atoms with E-state index in [1.54, 1.807) is 13.2 Å². The highest BCUT2D eigenvalue weighted by atomic mass is 16.5. The molecule has 0 aliphatic heterocycles. The Labute approximate surface area is 107 Å². The number of carbonyl (C=O) groups excluding carboxylic acids is 1. The van der Waals surface area contributed by atoms with Crippen molar-refractivity contribution >= 4 is 5.78 Å². The van der Waals surface area contributed by atoms with Crippen LogP contribution < -0.4 is 4.74 Å². The number of nitriles is 1. The smallest absolute Gasteiger partial charge is 0.154 e. The molecule has 1 fully saturated rings. The first kappa shape index (κ1) is 12.6. The molecule has 3 heteroatoms. The van der Waals surface area contributed by atoms with Gasteiger partial charge in [0.1, 0.15) is 11.7 Å². The van der Waals surface area contributed by atoms with Crippen molar-refractivity contribution in [1.82, 2.24) is 0 Å². The molecule has 0 saturated heterocycles. The summed E-state index contributed by atoms with van der Waals surface area (Å²) < 4.78 is 5.12. The summed E-state index contributed by atoms with van der Waals surface area (Å²) in [7, 11) is 1.58. The molecule has 1 aromatic rings. The molecule has 3 nitrogen and oxygen atoms in total. The van der Waals surface area contributed by atoms with Gasteiger partial charge in [-0.1, -0.05) is 31.4 Å². The summed E-state index contributed by atoms with van der Waals surface area (Å²) >= 11 is 0. The van der Waals surface area contributed by atoms with E-state index in [-0.39, 0.29) is 5.78 Å². The van der Waals surface area contributed by atoms with Crippen molar-refractivity contribution in [2.75, 3.05) is 7.11 Å². The third-order valence-electron chi connectivity index (χ3n) is 3.59. The topological polar surface area (TPSA) is 50.1 Å². The largest absolute Gasteiger partial charge is 0.497 e. The molecule has 1 aliphatic carbocycles. The Kier molecular flexibility index (Phi) is 3.99. The van der Waals surface area contributed by atoms with Crippen LogP contribution in [0.5, 0.6) is 5.75 Å². The summed E-state index contributed by atoms with van der Waals surface area (Å²) in [5.41, 5.74) is 0.737. The van der Waals surface area contributed by atoms with Gasteiger partial charge in [-0.05, 0) is 23.6 Å². The van der Waals surface area contributed by atoms with Crippen LogP contribution in [0.1, 0.15) is 37.2 Å². The summed E-state index contributed by atoms with van der Waals surface area (Å²) in [4.78, 5) is 12.1. The van der Waals surface area contributed by atoms with Gasteiger partial charge < -0.3 is 4.74 Å². The van der Waals surface area contributed by atoms with Crippen molar-refractivity contribution in [2.24, 2.45) is 5.92 Å². The second kappa shape index (κ2) is 5.68. The number of nitrogens with zero attached hydrogens (tertiary/aromatic N) is 1. The van der Waals surface area contributed by atoms with Crippen LogP contribution in [0.2, 0.25) is 0 Å². The van der Waals surface area contributed by atoms with Crippen molar-refractivity contribution in [2.45, 2.75) is 31.6 Å². The lowest BCUT2D eigenvalue weighted by atomic mass is 9.79. The van der Waals surface area contributed by atoms with Gasteiger partial charge in [-0.15, -0.1) is 0 Å². The fraction of sp³-hybridized carbons (Fsp3) is 0.467. The van der Waals surface area contributed by atoms with Gasteiger partial charge in [-0.3, -0.25) is 4.79 Å². The SMILES string of the molecule is COc1cccc(C(C#N)C(=O)CC2CCC2)c1. The molecule has 1 aromatic carbocycles. The highest BCUT2D eigenvalue weighted by Gasteiger charge is 2.26. The Morgan fingerprint density at radius 2 is 2.33 bits per heavy atom. The summed E-state index contributed by atoms with van der Waals surface area (Å²) in [6, 6.07) is 9.33. The van der Waals surface area contributed by atoms with E-state index in [1.165, 1.54) is 6.42 Å². The Morgan fingerprint density at radius 1 is 1.56 bits per heavy atom. The van der Waals surface area contributed by atoms with Gasteiger partial charge in [0.25, 0.3) is 0 Å². The van der Waals surface area contributed by atoms with Crippen molar-refractivity contribution in [3.8, 4) is 11.8 Å². The van der Waals surface area contributed by atoms with Gasteiger partial charge in [-0.25, -0.2) is 0 Å². The number of rotatable bonds is 5. The van der Waals surface area contributed by atoms with Crippen LogP contribution >= 0.6 is 0 Å². The standard InChI is InChI=1S/C15H17NO2/c1-18-13-7-3-6-12(9-13)14(10-16)15(17)8-11-4-2-5-11/h3,6-7,9,11,14H,2,4-5,8H2,1H3. The molecule has 1 atom stereocenters. The molecule has 2 rings (SSSR count). The number of ether oxygens (including phenoxy) is 1. The van der Waals surface area contributed by atoms with Crippen LogP contribution in [0.15, 0.2) is 24.3 Å². The molecule has 0 spiro atoms. The summed E-state index contributed by atoms with van der Waals surface area (Å²) in [6.45, 7) is 0. The highest BCUT2D eigenvalue weighted by molar-refractivity contribution is 5.88. The number of benzene rings is 1. The maximum absolute atomic E-state index is 12.1. The van der Waals surface area contributed by atoms with E-state index in [4.69, 9.17) is 4.74 Å². The quantitative estimate of drug-likeness (QED) is 0.798. The average Bonchev–Trinajstić information content (AvgIpc) is 2.35. The number of hydrogen-bond acceptors (Lipinski definition) is 3. The van der Waals surface area contributed by atoms with Gasteiger partial charge in [0.15, 0.2) is 5.78 Å². The van der Waals surface area contributed by atoms with E-state index >= 15 is 0 Å². The van der Waals surface area contributed by atoms with Gasteiger partial charge in [0.2, 0.25) is 0 Å². The van der Waals surface area contributed by atoms with Crippen LogP contribution in [-0.2, 0) is 4.79 Å². The first-order chi connectivity index (χ1) is 8.74. The van der Waals surface area contributed by atoms with Crippen LogP contribution in [0, 0.1) is 17.2 Å². The van der Waals surface area contributed by atoms with Gasteiger partial charge in [0, 0.05) is 6.42 Å². The third-order valence-corrected chi connectivity index (χ3v) is 3.59. The van der Waals surface area contributed by atoms with E-state index in [0.29, 0.717) is 18.1 Å². The van der Waals surface area contributed by atoms with E-state index in [2.05, 4.69) is 6.07 Å². The van der Waals surface area contributed by atoms with E-state index in [1.807, 2.05) is 18.2 Å². The fourth-order valence-corrected chi connectivity index (χ4v) is 2.25. The minimum absolute atomic E-state index is 0.0375. The second-order valence-corrected chi connectivity index (χ2v) is 4.81. The molecule has 0 heterocycles. The van der Waals surface area contributed by atoms with E-state index < -0.39 is 5.92 Å². The monoisotopic (exact) mass is 243 g/mol. The van der Waals surface area contributed by atoms with Crippen LogP contribution in [0.25, 0.3) is 0 Å². The van der Waals surface area contributed by atoms with Crippen molar-refractivity contribution in [3.63, 3.8) is 0 Å². The lowest BCUT2D eigenvalue weighted by molar-refractivity contribution is -0.120. The normalized spacial score (nSPS) is 16.4. The molecule has 0 bridgehead atoms. The number of ketones is 1. The zero-order valence-electron chi connectivity index (χ0n) is 10.6. The maximum Gasteiger partial charge on any atom is 0.154 e. The molecule has 0 N–H and O–H groups in total. The molecule has 94 valence electrons. The van der Waals surface area contributed by atoms with Crippen LogP contribution in [0.3, 0.4) is 0 Å². The highest BCUT2D eigenvalue weighted by Crippen LogP contribution is 2.32. The minimum Gasteiger partial charge on any atom is -0.497 e. The molecular formula is C15H17NO2. The molecule has 18 heavy (non-hydrogen) atoms. The second-order valence-electron chi connectivity index (χ2n) is 4.81.